The first-order chi connectivity index (χ1) is 6.56. The van der Waals surface area contributed by atoms with Gasteiger partial charge in [0.1, 0.15) is 5.75 Å². The predicted molar refractivity (Wildman–Crippen MR) is 50.3 cm³/mol. The number of aliphatic carboxylic acids is 1. The maximum atomic E-state index is 10.5. The topological polar surface area (TPSA) is 66.8 Å². The normalized spacial score (nSPS) is 12.2. The molecule has 0 saturated heterocycles. The molecule has 0 aromatic heterocycles. The molecule has 1 rings (SSSR count). The van der Waals surface area contributed by atoms with Crippen molar-refractivity contribution in [3.8, 4) is 5.75 Å². The van der Waals surface area contributed by atoms with Crippen LogP contribution in [-0.2, 0) is 4.79 Å². The zero-order valence-electron chi connectivity index (χ0n) is 8.02. The smallest absolute Gasteiger partial charge is 0.337 e. The van der Waals surface area contributed by atoms with Crippen molar-refractivity contribution in [2.75, 3.05) is 7.11 Å². The van der Waals surface area contributed by atoms with Crippen LogP contribution in [0.5, 0.6) is 5.75 Å². The van der Waals surface area contributed by atoms with Crippen LogP contribution in [0.1, 0.15) is 17.2 Å². The Bertz CT molecular complexity index is 346. The molecule has 1 unspecified atom stereocenters. The van der Waals surface area contributed by atoms with E-state index < -0.39 is 12.1 Å². The second kappa shape index (κ2) is 4.11. The zero-order valence-corrected chi connectivity index (χ0v) is 8.02. The van der Waals surface area contributed by atoms with Crippen LogP contribution in [0, 0.1) is 6.92 Å². The number of carboxylic acids is 1. The Hall–Kier alpha value is -1.55. The van der Waals surface area contributed by atoms with Crippen molar-refractivity contribution in [1.29, 1.82) is 0 Å². The highest BCUT2D eigenvalue weighted by molar-refractivity contribution is 5.74. The second-order valence-corrected chi connectivity index (χ2v) is 2.97. The summed E-state index contributed by atoms with van der Waals surface area (Å²) in [7, 11) is 1.54. The molecular formula is C10H12O4. The number of aliphatic hydroxyl groups excluding tert-OH is 1. The standard InChI is InChI=1S/C10H12O4/c1-6-5-7(9(11)10(12)13)3-4-8(6)14-2/h3-5,9,11H,1-2H3,(H,12,13). The van der Waals surface area contributed by atoms with E-state index in [2.05, 4.69) is 0 Å². The molecule has 1 aromatic carbocycles. The summed E-state index contributed by atoms with van der Waals surface area (Å²) in [6.45, 7) is 1.79. The van der Waals surface area contributed by atoms with Gasteiger partial charge in [-0.1, -0.05) is 6.07 Å². The van der Waals surface area contributed by atoms with E-state index in [1.165, 1.54) is 13.2 Å². The summed E-state index contributed by atoms with van der Waals surface area (Å²) in [5, 5.41) is 17.8. The Morgan fingerprint density at radius 3 is 2.57 bits per heavy atom. The lowest BCUT2D eigenvalue weighted by Crippen LogP contribution is -2.10. The van der Waals surface area contributed by atoms with Gasteiger partial charge >= 0.3 is 5.97 Å². The molecule has 4 nitrogen and oxygen atoms in total. The lowest BCUT2D eigenvalue weighted by atomic mass is 10.1. The Morgan fingerprint density at radius 2 is 2.14 bits per heavy atom. The van der Waals surface area contributed by atoms with Crippen LogP contribution in [0.25, 0.3) is 0 Å². The molecule has 1 atom stereocenters. The van der Waals surface area contributed by atoms with E-state index in [1.54, 1.807) is 19.1 Å². The number of aryl methyl sites for hydroxylation is 1. The predicted octanol–water partition coefficient (Wildman–Crippen LogP) is 1.12. The van der Waals surface area contributed by atoms with Gasteiger partial charge in [0.15, 0.2) is 6.10 Å². The van der Waals surface area contributed by atoms with Crippen LogP contribution in [-0.4, -0.2) is 23.3 Å². The Labute approximate surface area is 81.8 Å². The summed E-state index contributed by atoms with van der Waals surface area (Å²) in [4.78, 5) is 10.5. The van der Waals surface area contributed by atoms with Crippen molar-refractivity contribution < 1.29 is 19.7 Å². The SMILES string of the molecule is COc1ccc(C(O)C(=O)O)cc1C. The van der Waals surface area contributed by atoms with E-state index >= 15 is 0 Å². The third-order valence-electron chi connectivity index (χ3n) is 1.97. The van der Waals surface area contributed by atoms with Gasteiger partial charge in [-0.3, -0.25) is 0 Å². The van der Waals surface area contributed by atoms with Gasteiger partial charge in [-0.05, 0) is 30.2 Å². The fourth-order valence-corrected chi connectivity index (χ4v) is 1.21. The molecule has 0 radical (unpaired) electrons. The average Bonchev–Trinajstić information content (AvgIpc) is 2.16. The van der Waals surface area contributed by atoms with Gasteiger partial charge in [0.2, 0.25) is 0 Å². The van der Waals surface area contributed by atoms with Crippen molar-refractivity contribution in [3.05, 3.63) is 29.3 Å². The number of carbonyl (C=O) groups is 1. The summed E-state index contributed by atoms with van der Waals surface area (Å²) in [5.74, 6) is -0.582. The number of hydrogen-bond donors (Lipinski definition) is 2. The molecule has 0 spiro atoms. The van der Waals surface area contributed by atoms with Gasteiger partial charge in [-0.15, -0.1) is 0 Å². The highest BCUT2D eigenvalue weighted by Gasteiger charge is 2.16. The highest BCUT2D eigenvalue weighted by Crippen LogP contribution is 2.22. The first-order valence-electron chi connectivity index (χ1n) is 4.11. The summed E-state index contributed by atoms with van der Waals surface area (Å²) < 4.78 is 5.01. The summed E-state index contributed by atoms with van der Waals surface area (Å²) in [5.41, 5.74) is 1.15. The maximum absolute atomic E-state index is 10.5. The van der Waals surface area contributed by atoms with Gasteiger partial charge in [0.05, 0.1) is 7.11 Å². The van der Waals surface area contributed by atoms with Crippen molar-refractivity contribution in [2.24, 2.45) is 0 Å². The largest absolute Gasteiger partial charge is 0.496 e. The fourth-order valence-electron chi connectivity index (χ4n) is 1.21. The van der Waals surface area contributed by atoms with Gasteiger partial charge in [-0.2, -0.15) is 0 Å². The van der Waals surface area contributed by atoms with Crippen molar-refractivity contribution in [1.82, 2.24) is 0 Å². The first kappa shape index (κ1) is 10.5. The van der Waals surface area contributed by atoms with E-state index in [1.807, 2.05) is 0 Å². The third kappa shape index (κ3) is 2.03. The molecule has 0 amide bonds. The van der Waals surface area contributed by atoms with Crippen molar-refractivity contribution in [2.45, 2.75) is 13.0 Å². The number of benzene rings is 1. The number of ether oxygens (including phenoxy) is 1. The van der Waals surface area contributed by atoms with Crippen LogP contribution in [0.2, 0.25) is 0 Å². The quantitative estimate of drug-likeness (QED) is 0.760. The monoisotopic (exact) mass is 196 g/mol. The number of rotatable bonds is 3. The van der Waals surface area contributed by atoms with E-state index in [9.17, 15) is 9.90 Å². The Balaban J connectivity index is 3.02. The van der Waals surface area contributed by atoms with Crippen LogP contribution in [0.4, 0.5) is 0 Å². The molecule has 1 aromatic rings. The lowest BCUT2D eigenvalue weighted by molar-refractivity contribution is -0.146. The van der Waals surface area contributed by atoms with Crippen LogP contribution in [0.3, 0.4) is 0 Å². The average molecular weight is 196 g/mol. The van der Waals surface area contributed by atoms with E-state index in [0.717, 1.165) is 5.56 Å². The van der Waals surface area contributed by atoms with Gasteiger partial charge in [0, 0.05) is 0 Å². The minimum absolute atomic E-state index is 0.357. The summed E-state index contributed by atoms with van der Waals surface area (Å²) in [6, 6.07) is 4.76. The molecule has 0 aliphatic carbocycles. The molecule has 0 saturated carbocycles. The number of methoxy groups -OCH3 is 1. The van der Waals surface area contributed by atoms with Crippen molar-refractivity contribution >= 4 is 5.97 Å². The van der Waals surface area contributed by atoms with Gasteiger partial charge < -0.3 is 14.9 Å². The summed E-state index contributed by atoms with van der Waals surface area (Å²) >= 11 is 0. The zero-order chi connectivity index (χ0) is 10.7. The molecule has 2 N–H and O–H groups in total. The molecule has 0 aliphatic heterocycles. The van der Waals surface area contributed by atoms with Gasteiger partial charge in [0.25, 0.3) is 0 Å². The van der Waals surface area contributed by atoms with Crippen LogP contribution in [0.15, 0.2) is 18.2 Å². The molecule has 0 fully saturated rings. The number of carboxylic acid groups (broad SMARTS) is 1. The molecule has 0 heterocycles. The van der Waals surface area contributed by atoms with Crippen molar-refractivity contribution in [3.63, 3.8) is 0 Å². The van der Waals surface area contributed by atoms with E-state index in [0.29, 0.717) is 11.3 Å². The molecule has 0 bridgehead atoms. The number of aliphatic hydroxyl groups is 1. The minimum atomic E-state index is -1.47. The molecule has 0 aliphatic rings. The first-order valence-corrected chi connectivity index (χ1v) is 4.11. The van der Waals surface area contributed by atoms with E-state index in [4.69, 9.17) is 9.84 Å². The molecular weight excluding hydrogens is 184 g/mol. The van der Waals surface area contributed by atoms with Crippen LogP contribution >= 0.6 is 0 Å². The summed E-state index contributed by atoms with van der Waals surface area (Å²) in [6.07, 6.45) is -1.47. The highest BCUT2D eigenvalue weighted by atomic mass is 16.5. The van der Waals surface area contributed by atoms with Crippen LogP contribution < -0.4 is 4.74 Å². The lowest BCUT2D eigenvalue weighted by Gasteiger charge is -2.09. The van der Waals surface area contributed by atoms with E-state index in [-0.39, 0.29) is 0 Å². The second-order valence-electron chi connectivity index (χ2n) is 2.97. The Kier molecular flexibility index (Phi) is 3.09. The molecule has 4 heteroatoms. The number of hydrogen-bond acceptors (Lipinski definition) is 3. The fraction of sp³-hybridized carbons (Fsp3) is 0.300. The Morgan fingerprint density at radius 1 is 1.50 bits per heavy atom. The molecule has 76 valence electrons. The maximum Gasteiger partial charge on any atom is 0.337 e. The third-order valence-corrected chi connectivity index (χ3v) is 1.97. The van der Waals surface area contributed by atoms with Gasteiger partial charge in [-0.25, -0.2) is 4.79 Å². The molecule has 14 heavy (non-hydrogen) atoms. The minimum Gasteiger partial charge on any atom is -0.496 e.